The van der Waals surface area contributed by atoms with Crippen molar-refractivity contribution < 1.29 is 9.59 Å². The molecule has 1 amide bonds. The number of carbonyl (C=O) groups excluding carboxylic acids is 2. The lowest BCUT2D eigenvalue weighted by atomic mass is 10.2. The Morgan fingerprint density at radius 3 is 2.95 bits per heavy atom. The van der Waals surface area contributed by atoms with Gasteiger partial charge < -0.3 is 4.90 Å². The van der Waals surface area contributed by atoms with Gasteiger partial charge in [-0.2, -0.15) is 0 Å². The number of hydrogen-bond acceptors (Lipinski definition) is 5. The van der Waals surface area contributed by atoms with Crippen molar-refractivity contribution in [2.24, 2.45) is 0 Å². The van der Waals surface area contributed by atoms with Gasteiger partial charge in [0, 0.05) is 49.4 Å². The molecule has 1 aliphatic heterocycles. The van der Waals surface area contributed by atoms with Crippen LogP contribution in [0.1, 0.15) is 43.8 Å². The van der Waals surface area contributed by atoms with Gasteiger partial charge in [-0.1, -0.05) is 25.6 Å². The molecule has 1 saturated heterocycles. The third-order valence-electron chi connectivity index (χ3n) is 3.21. The molecule has 4 nitrogen and oxygen atoms in total. The molecule has 2 rings (SSSR count). The average Bonchev–Trinajstić information content (AvgIpc) is 2.93. The maximum atomic E-state index is 11.9. The number of hydrogen-bond donors (Lipinski definition) is 0. The van der Waals surface area contributed by atoms with Crippen molar-refractivity contribution in [2.75, 3.05) is 13.1 Å². The molecule has 0 saturated carbocycles. The van der Waals surface area contributed by atoms with Crippen LogP contribution in [0.5, 0.6) is 0 Å². The van der Waals surface area contributed by atoms with Crippen molar-refractivity contribution in [1.29, 1.82) is 0 Å². The summed E-state index contributed by atoms with van der Waals surface area (Å²) in [5.74, 6) is 0.613. The highest BCUT2D eigenvalue weighted by atomic mass is 32.2. The molecule has 0 spiro atoms. The van der Waals surface area contributed by atoms with Gasteiger partial charge in [0.05, 0.1) is 10.7 Å². The van der Waals surface area contributed by atoms with Crippen LogP contribution in [0.25, 0.3) is 0 Å². The Morgan fingerprint density at radius 1 is 1.60 bits per heavy atom. The third-order valence-corrected chi connectivity index (χ3v) is 5.39. The summed E-state index contributed by atoms with van der Waals surface area (Å²) >= 11 is 2.97. The lowest BCUT2D eigenvalue weighted by molar-refractivity contribution is -0.127. The first-order valence-electron chi connectivity index (χ1n) is 6.85. The van der Waals surface area contributed by atoms with Gasteiger partial charge in [0.25, 0.3) is 0 Å². The van der Waals surface area contributed by atoms with Crippen LogP contribution < -0.4 is 0 Å². The summed E-state index contributed by atoms with van der Waals surface area (Å²) in [6.45, 7) is 7.21. The van der Waals surface area contributed by atoms with E-state index in [0.29, 0.717) is 25.4 Å². The van der Waals surface area contributed by atoms with Crippen LogP contribution in [0.4, 0.5) is 0 Å². The lowest BCUT2D eigenvalue weighted by Gasteiger charge is -2.15. The first-order chi connectivity index (χ1) is 9.45. The number of nitrogens with zero attached hydrogens (tertiary/aromatic N) is 2. The van der Waals surface area contributed by atoms with Crippen molar-refractivity contribution in [3.05, 3.63) is 16.1 Å². The Morgan fingerprint density at radius 2 is 2.35 bits per heavy atom. The molecule has 0 aromatic carbocycles. The molecule has 1 unspecified atom stereocenters. The molecule has 110 valence electrons. The van der Waals surface area contributed by atoms with E-state index >= 15 is 0 Å². The zero-order valence-electron chi connectivity index (χ0n) is 12.1. The number of rotatable bonds is 5. The van der Waals surface area contributed by atoms with Gasteiger partial charge in [-0.15, -0.1) is 11.3 Å². The van der Waals surface area contributed by atoms with Gasteiger partial charge >= 0.3 is 0 Å². The fraction of sp³-hybridized carbons (Fsp3) is 0.643. The first-order valence-corrected chi connectivity index (χ1v) is 8.61. The van der Waals surface area contributed by atoms with Crippen LogP contribution in [0.15, 0.2) is 5.38 Å². The number of aromatic nitrogens is 1. The van der Waals surface area contributed by atoms with Gasteiger partial charge in [-0.25, -0.2) is 4.98 Å². The Bertz CT molecular complexity index is 499. The molecule has 2 heterocycles. The van der Waals surface area contributed by atoms with Crippen LogP contribution in [-0.2, 0) is 16.0 Å². The average molecular weight is 312 g/mol. The maximum absolute atomic E-state index is 11.9. The number of thiazole rings is 1. The topological polar surface area (TPSA) is 50.3 Å². The molecule has 0 N–H and O–H groups in total. The van der Waals surface area contributed by atoms with E-state index in [1.165, 1.54) is 11.8 Å². The number of likely N-dealkylation sites (tertiary alicyclic amines) is 1. The summed E-state index contributed by atoms with van der Waals surface area (Å²) in [6, 6.07) is 0. The monoisotopic (exact) mass is 312 g/mol. The molecule has 0 radical (unpaired) electrons. The van der Waals surface area contributed by atoms with Crippen LogP contribution in [0.3, 0.4) is 0 Å². The summed E-state index contributed by atoms with van der Waals surface area (Å²) in [5.41, 5.74) is 1.06. The van der Waals surface area contributed by atoms with Crippen LogP contribution >= 0.6 is 23.1 Å². The molecule has 0 bridgehead atoms. The van der Waals surface area contributed by atoms with Crippen molar-refractivity contribution in [3.8, 4) is 0 Å². The molecule has 1 aromatic heterocycles. The summed E-state index contributed by atoms with van der Waals surface area (Å²) in [4.78, 5) is 29.4. The maximum Gasteiger partial charge on any atom is 0.223 e. The standard InChI is InChI=1S/C14H20N2O2S2/c1-9(2)14-15-11(8-19-14)4-5-16-7-12(6-13(16)18)20-10(3)17/h8-9,12H,4-7H2,1-3H3. The quantitative estimate of drug-likeness (QED) is 0.839. The second-order valence-corrected chi connectivity index (χ2v) is 7.72. The molecule has 6 heteroatoms. The highest BCUT2D eigenvalue weighted by Crippen LogP contribution is 2.25. The minimum Gasteiger partial charge on any atom is -0.341 e. The molecule has 0 aliphatic carbocycles. The summed E-state index contributed by atoms with van der Waals surface area (Å²) in [7, 11) is 0. The van der Waals surface area contributed by atoms with Gasteiger partial charge in [0.1, 0.15) is 0 Å². The molecule has 1 fully saturated rings. The van der Waals surface area contributed by atoms with Gasteiger partial charge in [0.2, 0.25) is 5.91 Å². The van der Waals surface area contributed by atoms with E-state index in [1.807, 2.05) is 4.90 Å². The van der Waals surface area contributed by atoms with E-state index in [9.17, 15) is 9.59 Å². The summed E-state index contributed by atoms with van der Waals surface area (Å²) < 4.78 is 0. The second-order valence-electron chi connectivity index (χ2n) is 5.36. The fourth-order valence-corrected chi connectivity index (χ4v) is 4.04. The predicted molar refractivity (Wildman–Crippen MR) is 83.2 cm³/mol. The number of thioether (sulfide) groups is 1. The predicted octanol–water partition coefficient (Wildman–Crippen LogP) is 2.69. The number of amides is 1. The highest BCUT2D eigenvalue weighted by molar-refractivity contribution is 8.14. The van der Waals surface area contributed by atoms with Crippen LogP contribution in [0, 0.1) is 0 Å². The smallest absolute Gasteiger partial charge is 0.223 e. The SMILES string of the molecule is CC(=O)SC1CC(=O)N(CCc2csc(C(C)C)n2)C1. The second kappa shape index (κ2) is 6.72. The van der Waals surface area contributed by atoms with Crippen LogP contribution in [0.2, 0.25) is 0 Å². The Balaban J connectivity index is 1.84. The molecular formula is C14H20N2O2S2. The Kier molecular flexibility index (Phi) is 5.21. The fourth-order valence-electron chi connectivity index (χ4n) is 2.22. The van der Waals surface area contributed by atoms with E-state index in [4.69, 9.17) is 0 Å². The highest BCUT2D eigenvalue weighted by Gasteiger charge is 2.30. The van der Waals surface area contributed by atoms with Gasteiger partial charge in [0.15, 0.2) is 5.12 Å². The normalized spacial score (nSPS) is 19.1. The van der Waals surface area contributed by atoms with Crippen LogP contribution in [-0.4, -0.2) is 39.2 Å². The van der Waals surface area contributed by atoms with Crippen molar-refractivity contribution >= 4 is 34.1 Å². The minimum atomic E-state index is 0.0886. The van der Waals surface area contributed by atoms with E-state index < -0.39 is 0 Å². The molecule has 1 atom stereocenters. The van der Waals surface area contributed by atoms with Crippen molar-refractivity contribution in [3.63, 3.8) is 0 Å². The van der Waals surface area contributed by atoms with Gasteiger partial charge in [-0.3, -0.25) is 9.59 Å². The Labute approximate surface area is 128 Å². The summed E-state index contributed by atoms with van der Waals surface area (Å²) in [6.07, 6.45) is 1.28. The van der Waals surface area contributed by atoms with Crippen molar-refractivity contribution in [1.82, 2.24) is 9.88 Å². The van der Waals surface area contributed by atoms with E-state index in [0.717, 1.165) is 17.1 Å². The third kappa shape index (κ3) is 4.06. The van der Waals surface area contributed by atoms with Crippen molar-refractivity contribution in [2.45, 2.75) is 44.8 Å². The molecular weight excluding hydrogens is 292 g/mol. The molecule has 20 heavy (non-hydrogen) atoms. The lowest BCUT2D eigenvalue weighted by Crippen LogP contribution is -2.28. The first kappa shape index (κ1) is 15.5. The molecule has 1 aromatic rings. The zero-order valence-corrected chi connectivity index (χ0v) is 13.7. The molecule has 1 aliphatic rings. The summed E-state index contributed by atoms with van der Waals surface area (Å²) in [5, 5.41) is 3.45. The van der Waals surface area contributed by atoms with E-state index in [1.54, 1.807) is 18.3 Å². The zero-order chi connectivity index (χ0) is 14.7. The van der Waals surface area contributed by atoms with E-state index in [2.05, 4.69) is 24.2 Å². The largest absolute Gasteiger partial charge is 0.341 e. The minimum absolute atomic E-state index is 0.0886. The number of carbonyl (C=O) groups is 2. The Hall–Kier alpha value is -0.880. The van der Waals surface area contributed by atoms with E-state index in [-0.39, 0.29) is 16.3 Å². The van der Waals surface area contributed by atoms with Gasteiger partial charge in [-0.05, 0) is 0 Å².